The first-order valence-corrected chi connectivity index (χ1v) is 6.15. The highest BCUT2D eigenvalue weighted by Crippen LogP contribution is 2.26. The molecule has 5 heteroatoms. The van der Waals surface area contributed by atoms with Gasteiger partial charge in [-0.05, 0) is 17.9 Å². The Balaban J connectivity index is 2.49. The Bertz CT molecular complexity index is 453. The molecule has 16 heavy (non-hydrogen) atoms. The second-order valence-electron chi connectivity index (χ2n) is 3.23. The van der Waals surface area contributed by atoms with E-state index in [1.165, 1.54) is 11.2 Å². The van der Waals surface area contributed by atoms with Gasteiger partial charge in [-0.2, -0.15) is 5.10 Å². The molecule has 0 bridgehead atoms. The van der Waals surface area contributed by atoms with Gasteiger partial charge in [0, 0.05) is 17.0 Å². The summed E-state index contributed by atoms with van der Waals surface area (Å²) in [7, 11) is 0. The van der Waals surface area contributed by atoms with E-state index in [0.29, 0.717) is 6.54 Å². The molecule has 0 aliphatic heterocycles. The Hall–Kier alpha value is -1.33. The van der Waals surface area contributed by atoms with Gasteiger partial charge >= 0.3 is 0 Å². The molecule has 0 aliphatic rings. The topological polar surface area (TPSA) is 56.7 Å². The summed E-state index contributed by atoms with van der Waals surface area (Å²) in [4.78, 5) is 5.17. The summed E-state index contributed by atoms with van der Waals surface area (Å²) in [6.07, 6.45) is 3.22. The van der Waals surface area contributed by atoms with E-state index in [2.05, 4.69) is 23.1 Å². The van der Waals surface area contributed by atoms with Crippen LogP contribution in [0.4, 0.5) is 0 Å². The lowest BCUT2D eigenvalue weighted by Gasteiger charge is -2.11. The van der Waals surface area contributed by atoms with Gasteiger partial charge in [-0.25, -0.2) is 9.67 Å². The Kier molecular flexibility index (Phi) is 3.58. The van der Waals surface area contributed by atoms with Crippen molar-refractivity contribution in [2.75, 3.05) is 5.75 Å². The Morgan fingerprint density at radius 2 is 2.31 bits per heavy atom. The van der Waals surface area contributed by atoms with Crippen LogP contribution in [0.1, 0.15) is 12.5 Å². The first kappa shape index (κ1) is 11.2. The summed E-state index contributed by atoms with van der Waals surface area (Å²) < 4.78 is 1.75. The molecule has 1 heterocycles. The molecule has 1 aromatic heterocycles. The van der Waals surface area contributed by atoms with Crippen molar-refractivity contribution in [1.29, 1.82) is 0 Å². The highest BCUT2D eigenvalue weighted by molar-refractivity contribution is 7.99. The van der Waals surface area contributed by atoms with Crippen LogP contribution in [0, 0.1) is 0 Å². The largest absolute Gasteiger partial charge is 0.326 e. The molecule has 0 radical (unpaired) electrons. The number of benzene rings is 1. The molecular formula is C11H14N4S. The number of nitrogens with two attached hydrogens (primary N) is 1. The summed E-state index contributed by atoms with van der Waals surface area (Å²) in [6, 6.07) is 6.13. The van der Waals surface area contributed by atoms with E-state index >= 15 is 0 Å². The van der Waals surface area contributed by atoms with E-state index in [1.54, 1.807) is 22.8 Å². The molecule has 84 valence electrons. The summed E-state index contributed by atoms with van der Waals surface area (Å²) in [5.41, 5.74) is 7.95. The van der Waals surface area contributed by atoms with Crippen molar-refractivity contribution < 1.29 is 0 Å². The lowest BCUT2D eigenvalue weighted by atomic mass is 10.2. The zero-order chi connectivity index (χ0) is 11.4. The Morgan fingerprint density at radius 3 is 2.94 bits per heavy atom. The molecule has 0 saturated heterocycles. The van der Waals surface area contributed by atoms with Crippen molar-refractivity contribution in [3.63, 3.8) is 0 Å². The van der Waals surface area contributed by atoms with Crippen LogP contribution in [0.3, 0.4) is 0 Å². The molecule has 0 amide bonds. The fourth-order valence-electron chi connectivity index (χ4n) is 1.60. The number of hydrogen-bond donors (Lipinski definition) is 1. The zero-order valence-electron chi connectivity index (χ0n) is 9.13. The lowest BCUT2D eigenvalue weighted by Crippen LogP contribution is -2.06. The van der Waals surface area contributed by atoms with Gasteiger partial charge in [-0.3, -0.25) is 0 Å². The number of nitrogens with zero attached hydrogens (tertiary/aromatic N) is 3. The SMILES string of the molecule is CCSc1cccc(-n2cncn2)c1CN. The van der Waals surface area contributed by atoms with Gasteiger partial charge < -0.3 is 5.73 Å². The van der Waals surface area contributed by atoms with Crippen LogP contribution in [0.5, 0.6) is 0 Å². The van der Waals surface area contributed by atoms with Gasteiger partial charge in [0.1, 0.15) is 12.7 Å². The zero-order valence-corrected chi connectivity index (χ0v) is 9.94. The van der Waals surface area contributed by atoms with Gasteiger partial charge in [0.05, 0.1) is 5.69 Å². The maximum Gasteiger partial charge on any atom is 0.138 e. The van der Waals surface area contributed by atoms with Crippen molar-refractivity contribution >= 4 is 11.8 Å². The Labute approximate surface area is 98.9 Å². The molecule has 0 atom stereocenters. The van der Waals surface area contributed by atoms with Crippen molar-refractivity contribution in [3.05, 3.63) is 36.4 Å². The molecular weight excluding hydrogens is 220 g/mol. The predicted molar refractivity (Wildman–Crippen MR) is 65.6 cm³/mol. The van der Waals surface area contributed by atoms with Gasteiger partial charge in [0.15, 0.2) is 0 Å². The van der Waals surface area contributed by atoms with E-state index in [0.717, 1.165) is 17.0 Å². The van der Waals surface area contributed by atoms with E-state index in [4.69, 9.17) is 5.73 Å². The highest BCUT2D eigenvalue weighted by Gasteiger charge is 2.08. The maximum absolute atomic E-state index is 5.81. The van der Waals surface area contributed by atoms with Crippen LogP contribution in [-0.2, 0) is 6.54 Å². The molecule has 0 aliphatic carbocycles. The summed E-state index contributed by atoms with van der Waals surface area (Å²) in [5, 5.41) is 4.14. The van der Waals surface area contributed by atoms with Gasteiger partial charge in [-0.15, -0.1) is 11.8 Å². The minimum atomic E-state index is 0.512. The second kappa shape index (κ2) is 5.14. The fraction of sp³-hybridized carbons (Fsp3) is 0.273. The van der Waals surface area contributed by atoms with Crippen LogP contribution in [0.15, 0.2) is 35.7 Å². The van der Waals surface area contributed by atoms with Gasteiger partial charge in [-0.1, -0.05) is 13.0 Å². The maximum atomic E-state index is 5.81. The molecule has 0 saturated carbocycles. The van der Waals surface area contributed by atoms with Crippen LogP contribution in [0.25, 0.3) is 5.69 Å². The quantitative estimate of drug-likeness (QED) is 0.820. The molecule has 1 aromatic carbocycles. The number of aromatic nitrogens is 3. The number of rotatable bonds is 4. The van der Waals surface area contributed by atoms with Crippen LogP contribution in [-0.4, -0.2) is 20.5 Å². The van der Waals surface area contributed by atoms with E-state index < -0.39 is 0 Å². The van der Waals surface area contributed by atoms with E-state index in [-0.39, 0.29) is 0 Å². The number of hydrogen-bond acceptors (Lipinski definition) is 4. The monoisotopic (exact) mass is 234 g/mol. The summed E-state index contributed by atoms with van der Waals surface area (Å²) in [6.45, 7) is 2.64. The molecule has 0 unspecified atom stereocenters. The minimum Gasteiger partial charge on any atom is -0.326 e. The van der Waals surface area contributed by atoms with E-state index in [1.807, 2.05) is 12.1 Å². The van der Waals surface area contributed by atoms with Gasteiger partial charge in [0.2, 0.25) is 0 Å². The normalized spacial score (nSPS) is 10.6. The third kappa shape index (κ3) is 2.10. The number of thioether (sulfide) groups is 1. The van der Waals surface area contributed by atoms with Crippen LogP contribution in [0.2, 0.25) is 0 Å². The average Bonchev–Trinajstić information content (AvgIpc) is 2.82. The van der Waals surface area contributed by atoms with Crippen molar-refractivity contribution in [1.82, 2.24) is 14.8 Å². The standard InChI is InChI=1S/C11H14N4S/c1-2-16-11-5-3-4-10(9(11)6-12)15-8-13-7-14-15/h3-5,7-8H,2,6,12H2,1H3. The molecule has 0 fully saturated rings. The smallest absolute Gasteiger partial charge is 0.138 e. The second-order valence-corrected chi connectivity index (χ2v) is 4.54. The Morgan fingerprint density at radius 1 is 1.44 bits per heavy atom. The van der Waals surface area contributed by atoms with Crippen LogP contribution >= 0.6 is 11.8 Å². The summed E-state index contributed by atoms with van der Waals surface area (Å²) in [5.74, 6) is 1.04. The molecule has 2 N–H and O–H groups in total. The molecule has 2 rings (SSSR count). The highest BCUT2D eigenvalue weighted by atomic mass is 32.2. The third-order valence-electron chi connectivity index (χ3n) is 2.28. The minimum absolute atomic E-state index is 0.512. The first-order chi connectivity index (χ1) is 7.86. The lowest BCUT2D eigenvalue weighted by molar-refractivity contribution is 0.847. The van der Waals surface area contributed by atoms with Crippen molar-refractivity contribution in [2.24, 2.45) is 5.73 Å². The molecule has 2 aromatic rings. The van der Waals surface area contributed by atoms with E-state index in [9.17, 15) is 0 Å². The summed E-state index contributed by atoms with van der Waals surface area (Å²) >= 11 is 1.80. The molecule has 4 nitrogen and oxygen atoms in total. The van der Waals surface area contributed by atoms with Crippen LogP contribution < -0.4 is 5.73 Å². The van der Waals surface area contributed by atoms with Crippen molar-refractivity contribution in [3.8, 4) is 5.69 Å². The predicted octanol–water partition coefficient (Wildman–Crippen LogP) is 1.84. The third-order valence-corrected chi connectivity index (χ3v) is 3.26. The van der Waals surface area contributed by atoms with Crippen molar-refractivity contribution in [2.45, 2.75) is 18.4 Å². The van der Waals surface area contributed by atoms with Gasteiger partial charge in [0.25, 0.3) is 0 Å². The fourth-order valence-corrected chi connectivity index (χ4v) is 2.45. The average molecular weight is 234 g/mol. The first-order valence-electron chi connectivity index (χ1n) is 5.16. The molecule has 0 spiro atoms.